The lowest BCUT2D eigenvalue weighted by Crippen LogP contribution is -2.35. The average Bonchev–Trinajstić information content (AvgIpc) is 2.84. The van der Waals surface area contributed by atoms with Crippen molar-refractivity contribution in [3.05, 3.63) is 69.7 Å². The Morgan fingerprint density at radius 3 is 2.77 bits per heavy atom. The van der Waals surface area contributed by atoms with Crippen LogP contribution in [0.2, 0.25) is 0 Å². The van der Waals surface area contributed by atoms with E-state index in [-0.39, 0.29) is 11.8 Å². The normalized spacial score (nSPS) is 13.1. The molecule has 2 amide bonds. The fourth-order valence-electron chi connectivity index (χ4n) is 2.53. The first-order chi connectivity index (χ1) is 10.6. The maximum Gasteiger partial charge on any atom is 0.254 e. The molecule has 0 aliphatic carbocycles. The lowest BCUT2D eigenvalue weighted by molar-refractivity contribution is 0.0770. The van der Waals surface area contributed by atoms with Gasteiger partial charge < -0.3 is 10.2 Å². The van der Waals surface area contributed by atoms with Gasteiger partial charge in [0, 0.05) is 35.2 Å². The highest BCUT2D eigenvalue weighted by atomic mass is 79.9. The summed E-state index contributed by atoms with van der Waals surface area (Å²) in [7, 11) is 0. The minimum Gasteiger partial charge on any atom is -0.350 e. The van der Waals surface area contributed by atoms with Gasteiger partial charge in [0.25, 0.3) is 11.8 Å². The summed E-state index contributed by atoms with van der Waals surface area (Å²) in [6.45, 7) is 1.56. The maximum atomic E-state index is 12.2. The van der Waals surface area contributed by atoms with Crippen LogP contribution in [0.3, 0.4) is 0 Å². The van der Waals surface area contributed by atoms with Crippen LogP contribution in [0.5, 0.6) is 0 Å². The Balaban J connectivity index is 1.54. The molecule has 0 aromatic heterocycles. The van der Waals surface area contributed by atoms with Gasteiger partial charge in [-0.25, -0.2) is 0 Å². The van der Waals surface area contributed by atoms with E-state index in [0.29, 0.717) is 25.2 Å². The van der Waals surface area contributed by atoms with Crippen molar-refractivity contribution in [2.75, 3.05) is 13.1 Å². The quantitative estimate of drug-likeness (QED) is 0.913. The van der Waals surface area contributed by atoms with E-state index in [1.807, 2.05) is 36.4 Å². The van der Waals surface area contributed by atoms with E-state index >= 15 is 0 Å². The number of nitrogens with one attached hydrogen (secondary N) is 1. The van der Waals surface area contributed by atoms with Crippen molar-refractivity contribution in [2.45, 2.75) is 6.54 Å². The summed E-state index contributed by atoms with van der Waals surface area (Å²) in [6.07, 6.45) is 0. The zero-order valence-corrected chi connectivity index (χ0v) is 13.5. The van der Waals surface area contributed by atoms with Crippen LogP contribution in [0.25, 0.3) is 0 Å². The van der Waals surface area contributed by atoms with E-state index in [0.717, 1.165) is 15.6 Å². The molecule has 0 radical (unpaired) electrons. The molecular weight excluding hydrogens is 344 g/mol. The van der Waals surface area contributed by atoms with Gasteiger partial charge in [-0.05, 0) is 29.8 Å². The van der Waals surface area contributed by atoms with Crippen LogP contribution in [0.1, 0.15) is 26.3 Å². The third-order valence-corrected chi connectivity index (χ3v) is 4.14. The summed E-state index contributed by atoms with van der Waals surface area (Å²) in [5.41, 5.74) is 2.41. The molecule has 0 saturated heterocycles. The predicted octanol–water partition coefficient (Wildman–Crippen LogP) is 2.83. The second-order valence-electron chi connectivity index (χ2n) is 5.15. The Morgan fingerprint density at radius 1 is 1.18 bits per heavy atom. The Bertz CT molecular complexity index is 730. The summed E-state index contributed by atoms with van der Waals surface area (Å²) in [6, 6.07) is 14.8. The zero-order chi connectivity index (χ0) is 15.5. The Hall–Kier alpha value is -2.14. The fourth-order valence-corrected chi connectivity index (χ4v) is 2.93. The van der Waals surface area contributed by atoms with Gasteiger partial charge in [0.05, 0.1) is 0 Å². The minimum atomic E-state index is -0.134. The second kappa shape index (κ2) is 6.32. The Kier molecular flexibility index (Phi) is 4.24. The van der Waals surface area contributed by atoms with Gasteiger partial charge in [-0.15, -0.1) is 0 Å². The van der Waals surface area contributed by atoms with E-state index in [9.17, 15) is 9.59 Å². The van der Waals surface area contributed by atoms with E-state index in [4.69, 9.17) is 0 Å². The summed E-state index contributed by atoms with van der Waals surface area (Å²) >= 11 is 3.34. The molecule has 0 fully saturated rings. The highest BCUT2D eigenvalue weighted by Crippen LogP contribution is 2.21. The molecule has 3 rings (SSSR count). The number of amides is 2. The number of hydrogen-bond donors (Lipinski definition) is 1. The number of fused-ring (bicyclic) bond motifs is 1. The lowest BCUT2D eigenvalue weighted by atomic mass is 10.1. The van der Waals surface area contributed by atoms with Gasteiger partial charge in [0.2, 0.25) is 0 Å². The Morgan fingerprint density at radius 2 is 2.00 bits per heavy atom. The highest BCUT2D eigenvalue weighted by Gasteiger charge is 2.26. The first-order valence-electron chi connectivity index (χ1n) is 7.06. The van der Waals surface area contributed by atoms with Crippen molar-refractivity contribution in [3.8, 4) is 0 Å². The summed E-state index contributed by atoms with van der Waals surface area (Å²) < 4.78 is 0.866. The molecule has 4 nitrogen and oxygen atoms in total. The van der Waals surface area contributed by atoms with Gasteiger partial charge in [-0.3, -0.25) is 9.59 Å². The number of hydrogen-bond acceptors (Lipinski definition) is 2. The van der Waals surface area contributed by atoms with Crippen molar-refractivity contribution < 1.29 is 9.59 Å². The van der Waals surface area contributed by atoms with Crippen LogP contribution in [-0.4, -0.2) is 29.8 Å². The first kappa shape index (κ1) is 14.8. The largest absolute Gasteiger partial charge is 0.350 e. The summed E-state index contributed by atoms with van der Waals surface area (Å²) in [5, 5.41) is 2.85. The molecule has 1 aliphatic rings. The topological polar surface area (TPSA) is 49.4 Å². The van der Waals surface area contributed by atoms with E-state index < -0.39 is 0 Å². The number of halogens is 1. The minimum absolute atomic E-state index is 0.0345. The van der Waals surface area contributed by atoms with E-state index in [2.05, 4.69) is 21.2 Å². The molecule has 22 heavy (non-hydrogen) atoms. The number of nitrogens with zero attached hydrogens (tertiary/aromatic N) is 1. The fraction of sp³-hybridized carbons (Fsp3) is 0.176. The smallest absolute Gasteiger partial charge is 0.254 e. The molecule has 1 aliphatic heterocycles. The van der Waals surface area contributed by atoms with Crippen LogP contribution in [0.15, 0.2) is 53.0 Å². The molecule has 0 spiro atoms. The molecule has 2 aromatic rings. The van der Waals surface area contributed by atoms with Crippen LogP contribution in [0, 0.1) is 0 Å². The van der Waals surface area contributed by atoms with Gasteiger partial charge in [0.15, 0.2) is 0 Å². The maximum absolute atomic E-state index is 12.2. The molecule has 5 heteroatoms. The number of carbonyl (C=O) groups is 2. The molecule has 1 N–H and O–H groups in total. The summed E-state index contributed by atoms with van der Waals surface area (Å²) in [4.78, 5) is 26.0. The molecule has 0 atom stereocenters. The van der Waals surface area contributed by atoms with Crippen LogP contribution in [0.4, 0.5) is 0 Å². The van der Waals surface area contributed by atoms with Gasteiger partial charge in [-0.1, -0.05) is 40.2 Å². The lowest BCUT2D eigenvalue weighted by Gasteiger charge is -2.16. The zero-order valence-electron chi connectivity index (χ0n) is 11.9. The molecule has 0 bridgehead atoms. The van der Waals surface area contributed by atoms with Crippen molar-refractivity contribution in [2.24, 2.45) is 0 Å². The molecule has 1 heterocycles. The Labute approximate surface area is 137 Å². The van der Waals surface area contributed by atoms with Crippen molar-refractivity contribution >= 4 is 27.7 Å². The molecule has 0 saturated carbocycles. The van der Waals surface area contributed by atoms with E-state index in [1.165, 1.54) is 0 Å². The van der Waals surface area contributed by atoms with Gasteiger partial charge in [-0.2, -0.15) is 0 Å². The van der Waals surface area contributed by atoms with Crippen LogP contribution >= 0.6 is 15.9 Å². The van der Waals surface area contributed by atoms with Gasteiger partial charge >= 0.3 is 0 Å². The number of carbonyl (C=O) groups excluding carboxylic acids is 2. The molecular formula is C17H15BrN2O2. The third kappa shape index (κ3) is 3.04. The monoisotopic (exact) mass is 358 g/mol. The number of rotatable bonds is 4. The predicted molar refractivity (Wildman–Crippen MR) is 87.7 cm³/mol. The number of benzene rings is 2. The highest BCUT2D eigenvalue weighted by molar-refractivity contribution is 9.10. The molecule has 2 aromatic carbocycles. The summed E-state index contributed by atoms with van der Waals surface area (Å²) in [5.74, 6) is -0.0993. The van der Waals surface area contributed by atoms with Crippen LogP contribution in [-0.2, 0) is 6.54 Å². The van der Waals surface area contributed by atoms with Crippen molar-refractivity contribution in [3.63, 3.8) is 0 Å². The third-order valence-electron chi connectivity index (χ3n) is 3.65. The SMILES string of the molecule is O=C(NCCN1Cc2ccccc2C1=O)c1cccc(Br)c1. The molecule has 112 valence electrons. The van der Waals surface area contributed by atoms with Gasteiger partial charge in [0.1, 0.15) is 0 Å². The first-order valence-corrected chi connectivity index (χ1v) is 7.85. The molecule has 0 unspecified atom stereocenters. The van der Waals surface area contributed by atoms with E-state index in [1.54, 1.807) is 17.0 Å². The average molecular weight is 359 g/mol. The van der Waals surface area contributed by atoms with Crippen molar-refractivity contribution in [1.82, 2.24) is 10.2 Å². The standard InChI is InChI=1S/C17H15BrN2O2/c18-14-6-3-5-12(10-14)16(21)19-8-9-20-11-13-4-1-2-7-15(13)17(20)22/h1-7,10H,8-9,11H2,(H,19,21). The second-order valence-corrected chi connectivity index (χ2v) is 6.07. The van der Waals surface area contributed by atoms with Crippen molar-refractivity contribution in [1.29, 1.82) is 0 Å². The van der Waals surface area contributed by atoms with Crippen LogP contribution < -0.4 is 5.32 Å².